The summed E-state index contributed by atoms with van der Waals surface area (Å²) in [5, 5.41) is 8.63. The monoisotopic (exact) mass is 234 g/mol. The standard InChI is InChI=1S/C13H18N2S/c1-9(2)11-5-4-10(3)8-12(11)15-6-7-16-13(15)14/h4-5,8-9,14H,6-7H2,1-3H3. The quantitative estimate of drug-likeness (QED) is 0.846. The number of rotatable bonds is 2. The first kappa shape index (κ1) is 11.5. The topological polar surface area (TPSA) is 27.1 Å². The third kappa shape index (κ3) is 2.09. The molecule has 0 aromatic heterocycles. The maximum absolute atomic E-state index is 7.94. The lowest BCUT2D eigenvalue weighted by Crippen LogP contribution is -2.24. The molecule has 1 aromatic rings. The van der Waals surface area contributed by atoms with Crippen LogP contribution < -0.4 is 4.90 Å². The predicted molar refractivity (Wildman–Crippen MR) is 72.8 cm³/mol. The fraction of sp³-hybridized carbons (Fsp3) is 0.462. The van der Waals surface area contributed by atoms with Gasteiger partial charge in [-0.05, 0) is 30.0 Å². The molecule has 86 valence electrons. The van der Waals surface area contributed by atoms with E-state index in [-0.39, 0.29) is 0 Å². The van der Waals surface area contributed by atoms with E-state index in [1.165, 1.54) is 16.8 Å². The number of hydrogen-bond acceptors (Lipinski definition) is 2. The van der Waals surface area contributed by atoms with Gasteiger partial charge in [0.1, 0.15) is 0 Å². The molecule has 16 heavy (non-hydrogen) atoms. The van der Waals surface area contributed by atoms with Crippen LogP contribution in [0.2, 0.25) is 0 Å². The largest absolute Gasteiger partial charge is 0.320 e. The highest BCUT2D eigenvalue weighted by molar-refractivity contribution is 8.14. The molecule has 1 fully saturated rings. The fourth-order valence-electron chi connectivity index (χ4n) is 2.02. The smallest absolute Gasteiger partial charge is 0.160 e. The van der Waals surface area contributed by atoms with Crippen LogP contribution in [0, 0.1) is 12.3 Å². The number of nitrogens with zero attached hydrogens (tertiary/aromatic N) is 1. The van der Waals surface area contributed by atoms with Gasteiger partial charge in [-0.2, -0.15) is 0 Å². The number of aryl methyl sites for hydroxylation is 1. The molecule has 0 amide bonds. The first-order valence-corrected chi connectivity index (χ1v) is 6.67. The highest BCUT2D eigenvalue weighted by atomic mass is 32.2. The van der Waals surface area contributed by atoms with Crippen molar-refractivity contribution >= 4 is 22.6 Å². The Balaban J connectivity index is 2.44. The second-order valence-corrected chi connectivity index (χ2v) is 5.61. The first-order valence-electron chi connectivity index (χ1n) is 5.69. The summed E-state index contributed by atoms with van der Waals surface area (Å²) in [5.41, 5.74) is 3.84. The van der Waals surface area contributed by atoms with Gasteiger partial charge in [0.25, 0.3) is 0 Å². The van der Waals surface area contributed by atoms with Gasteiger partial charge in [0, 0.05) is 18.0 Å². The molecule has 1 aromatic carbocycles. The fourth-order valence-corrected chi connectivity index (χ4v) is 2.83. The van der Waals surface area contributed by atoms with Crippen molar-refractivity contribution in [3.8, 4) is 0 Å². The minimum absolute atomic E-state index is 0.508. The molecule has 0 bridgehead atoms. The Morgan fingerprint density at radius 3 is 2.69 bits per heavy atom. The Morgan fingerprint density at radius 2 is 2.12 bits per heavy atom. The van der Waals surface area contributed by atoms with Crippen LogP contribution in [0.15, 0.2) is 18.2 Å². The second kappa shape index (κ2) is 4.50. The summed E-state index contributed by atoms with van der Waals surface area (Å²) >= 11 is 1.64. The lowest BCUT2D eigenvalue weighted by atomic mass is 9.99. The molecular formula is C13H18N2S. The summed E-state index contributed by atoms with van der Waals surface area (Å²) < 4.78 is 0. The number of hydrogen-bond donors (Lipinski definition) is 1. The van der Waals surface area contributed by atoms with Crippen LogP contribution in [-0.2, 0) is 0 Å². The molecule has 0 saturated carbocycles. The zero-order valence-electron chi connectivity index (χ0n) is 10.1. The molecule has 0 aliphatic carbocycles. The van der Waals surface area contributed by atoms with Crippen LogP contribution in [0.5, 0.6) is 0 Å². The average Bonchev–Trinajstić information content (AvgIpc) is 2.63. The zero-order valence-corrected chi connectivity index (χ0v) is 10.9. The highest BCUT2D eigenvalue weighted by Gasteiger charge is 2.22. The van der Waals surface area contributed by atoms with Crippen molar-refractivity contribution in [2.45, 2.75) is 26.7 Å². The molecule has 1 heterocycles. The third-order valence-electron chi connectivity index (χ3n) is 2.90. The van der Waals surface area contributed by atoms with E-state index in [0.29, 0.717) is 11.1 Å². The summed E-state index contributed by atoms with van der Waals surface area (Å²) in [5.74, 6) is 1.54. The maximum atomic E-state index is 7.94. The van der Waals surface area contributed by atoms with E-state index < -0.39 is 0 Å². The molecular weight excluding hydrogens is 216 g/mol. The van der Waals surface area contributed by atoms with Crippen LogP contribution in [0.4, 0.5) is 5.69 Å². The van der Waals surface area contributed by atoms with Gasteiger partial charge in [0.15, 0.2) is 5.17 Å². The van der Waals surface area contributed by atoms with Crippen LogP contribution in [-0.4, -0.2) is 17.5 Å². The number of nitrogens with one attached hydrogen (secondary N) is 1. The van der Waals surface area contributed by atoms with Gasteiger partial charge in [0.05, 0.1) is 0 Å². The molecule has 1 aliphatic heterocycles. The van der Waals surface area contributed by atoms with Gasteiger partial charge in [-0.3, -0.25) is 5.41 Å². The molecule has 1 saturated heterocycles. The van der Waals surface area contributed by atoms with Gasteiger partial charge in [-0.25, -0.2) is 0 Å². The van der Waals surface area contributed by atoms with Crippen LogP contribution in [0.1, 0.15) is 30.9 Å². The number of amidine groups is 1. The van der Waals surface area contributed by atoms with E-state index >= 15 is 0 Å². The lowest BCUT2D eigenvalue weighted by Gasteiger charge is -2.23. The van der Waals surface area contributed by atoms with Crippen molar-refractivity contribution in [1.29, 1.82) is 5.41 Å². The first-order chi connectivity index (χ1) is 7.59. The summed E-state index contributed by atoms with van der Waals surface area (Å²) in [6.07, 6.45) is 0. The zero-order chi connectivity index (χ0) is 11.7. The van der Waals surface area contributed by atoms with Crippen LogP contribution in [0.3, 0.4) is 0 Å². The van der Waals surface area contributed by atoms with Gasteiger partial charge < -0.3 is 4.90 Å². The van der Waals surface area contributed by atoms with E-state index in [1.807, 2.05) is 0 Å². The normalized spacial score (nSPS) is 16.2. The molecule has 1 aliphatic rings. The molecule has 0 spiro atoms. The van der Waals surface area contributed by atoms with Gasteiger partial charge >= 0.3 is 0 Å². The van der Waals surface area contributed by atoms with E-state index in [9.17, 15) is 0 Å². The Hall–Kier alpha value is -0.960. The third-order valence-corrected chi connectivity index (χ3v) is 3.78. The SMILES string of the molecule is Cc1ccc(C(C)C)c(N2CCSC2=N)c1. The van der Waals surface area contributed by atoms with Crippen molar-refractivity contribution in [3.05, 3.63) is 29.3 Å². The molecule has 3 heteroatoms. The summed E-state index contributed by atoms with van der Waals surface area (Å²) in [7, 11) is 0. The average molecular weight is 234 g/mol. The summed E-state index contributed by atoms with van der Waals surface area (Å²) in [4.78, 5) is 2.13. The van der Waals surface area contributed by atoms with Crippen molar-refractivity contribution in [2.24, 2.45) is 0 Å². The second-order valence-electron chi connectivity index (χ2n) is 4.52. The minimum Gasteiger partial charge on any atom is -0.320 e. The van der Waals surface area contributed by atoms with E-state index in [4.69, 9.17) is 5.41 Å². The Kier molecular flexibility index (Phi) is 3.24. The molecule has 1 N–H and O–H groups in total. The van der Waals surface area contributed by atoms with Crippen molar-refractivity contribution in [2.75, 3.05) is 17.2 Å². The molecule has 2 rings (SSSR count). The Morgan fingerprint density at radius 1 is 1.38 bits per heavy atom. The molecule has 0 radical (unpaired) electrons. The molecule has 0 unspecified atom stereocenters. The van der Waals surface area contributed by atoms with E-state index in [2.05, 4.69) is 43.9 Å². The predicted octanol–water partition coefficient (Wildman–Crippen LogP) is 3.61. The van der Waals surface area contributed by atoms with Crippen LogP contribution in [0.25, 0.3) is 0 Å². The van der Waals surface area contributed by atoms with Gasteiger partial charge in [-0.1, -0.05) is 37.7 Å². The summed E-state index contributed by atoms with van der Waals surface area (Å²) in [6.45, 7) is 7.50. The van der Waals surface area contributed by atoms with Gasteiger partial charge in [0.2, 0.25) is 0 Å². The van der Waals surface area contributed by atoms with Crippen molar-refractivity contribution in [3.63, 3.8) is 0 Å². The van der Waals surface area contributed by atoms with Crippen LogP contribution >= 0.6 is 11.8 Å². The lowest BCUT2D eigenvalue weighted by molar-refractivity contribution is 0.859. The molecule has 0 atom stereocenters. The van der Waals surface area contributed by atoms with Gasteiger partial charge in [-0.15, -0.1) is 0 Å². The number of benzene rings is 1. The van der Waals surface area contributed by atoms with Crippen molar-refractivity contribution < 1.29 is 0 Å². The summed E-state index contributed by atoms with van der Waals surface area (Å²) in [6, 6.07) is 6.56. The Labute approximate surface area is 102 Å². The highest BCUT2D eigenvalue weighted by Crippen LogP contribution is 2.32. The van der Waals surface area contributed by atoms with E-state index in [0.717, 1.165) is 12.3 Å². The van der Waals surface area contributed by atoms with Crippen molar-refractivity contribution in [1.82, 2.24) is 0 Å². The number of anilines is 1. The number of thioether (sulfide) groups is 1. The Bertz CT molecular complexity index is 412. The minimum atomic E-state index is 0.508. The molecule has 2 nitrogen and oxygen atoms in total. The van der Waals surface area contributed by atoms with E-state index in [1.54, 1.807) is 11.8 Å². The maximum Gasteiger partial charge on any atom is 0.160 e.